The van der Waals surface area contributed by atoms with Crippen LogP contribution in [0.15, 0.2) is 12.1 Å². The van der Waals surface area contributed by atoms with Crippen molar-refractivity contribution in [1.82, 2.24) is 0 Å². The minimum absolute atomic E-state index is 0.0517. The first kappa shape index (κ1) is 18.3. The number of hydrogen-bond donors (Lipinski definition) is 1. The van der Waals surface area contributed by atoms with E-state index in [-0.39, 0.29) is 17.4 Å². The molecule has 1 amide bonds. The van der Waals surface area contributed by atoms with Crippen LogP contribution in [0.1, 0.15) is 69.3 Å². The van der Waals surface area contributed by atoms with Crippen molar-refractivity contribution in [2.45, 2.75) is 60.3 Å². The van der Waals surface area contributed by atoms with Crippen molar-refractivity contribution in [1.29, 1.82) is 0 Å². The van der Waals surface area contributed by atoms with Crippen molar-refractivity contribution in [2.75, 3.05) is 5.32 Å². The minimum Gasteiger partial charge on any atom is -0.323 e. The van der Waals surface area contributed by atoms with Crippen LogP contribution in [-0.4, -0.2) is 11.7 Å². The fourth-order valence-corrected chi connectivity index (χ4v) is 2.04. The number of benzene rings is 1. The van der Waals surface area contributed by atoms with E-state index in [1.807, 2.05) is 0 Å². The number of rotatable bonds is 6. The van der Waals surface area contributed by atoms with E-state index in [0.717, 1.165) is 19.3 Å². The molecule has 0 aliphatic carbocycles. The molecule has 3 nitrogen and oxygen atoms in total. The van der Waals surface area contributed by atoms with Gasteiger partial charge >= 0.3 is 0 Å². The van der Waals surface area contributed by atoms with Crippen LogP contribution in [0.4, 0.5) is 10.1 Å². The second-order valence-electron chi connectivity index (χ2n) is 6.73. The number of Topliss-reactive ketones (excluding diaryl/α,β-unsaturated/α-hetero) is 1. The number of aryl methyl sites for hydroxylation is 1. The van der Waals surface area contributed by atoms with Crippen LogP contribution >= 0.6 is 0 Å². The number of ketones is 1. The lowest BCUT2D eigenvalue weighted by Gasteiger charge is -2.19. The Morgan fingerprint density at radius 1 is 1.18 bits per heavy atom. The molecule has 122 valence electrons. The van der Waals surface area contributed by atoms with Gasteiger partial charge in [-0.25, -0.2) is 4.39 Å². The molecule has 0 aromatic heterocycles. The Morgan fingerprint density at radius 3 is 2.32 bits per heavy atom. The van der Waals surface area contributed by atoms with Crippen molar-refractivity contribution >= 4 is 17.4 Å². The first-order valence-electron chi connectivity index (χ1n) is 7.81. The Hall–Kier alpha value is -1.71. The largest absolute Gasteiger partial charge is 0.323 e. The van der Waals surface area contributed by atoms with E-state index >= 15 is 0 Å². The third-order valence-corrected chi connectivity index (χ3v) is 3.54. The molecule has 22 heavy (non-hydrogen) atoms. The second-order valence-corrected chi connectivity index (χ2v) is 6.73. The fraction of sp³-hybridized carbons (Fsp3) is 0.556. The van der Waals surface area contributed by atoms with Gasteiger partial charge in [0.25, 0.3) is 0 Å². The summed E-state index contributed by atoms with van der Waals surface area (Å²) in [6.45, 7) is 9.06. The van der Waals surface area contributed by atoms with Gasteiger partial charge in [0.2, 0.25) is 5.91 Å². The van der Waals surface area contributed by atoms with E-state index in [1.54, 1.807) is 33.8 Å². The van der Waals surface area contributed by atoms with Crippen molar-refractivity contribution < 1.29 is 14.0 Å². The highest BCUT2D eigenvalue weighted by atomic mass is 19.1. The Balaban J connectivity index is 2.93. The molecule has 0 bridgehead atoms. The topological polar surface area (TPSA) is 46.2 Å². The second kappa shape index (κ2) is 7.52. The number of carbonyl (C=O) groups excluding carboxylic acids is 2. The molecule has 0 saturated heterocycles. The van der Waals surface area contributed by atoms with Crippen molar-refractivity contribution in [3.63, 3.8) is 0 Å². The third kappa shape index (κ3) is 4.93. The van der Waals surface area contributed by atoms with Crippen LogP contribution in [0.25, 0.3) is 0 Å². The SMILES string of the molecule is CCCCCC(=O)c1cc(C)c(NC(=O)C(C)(C)C)c(F)c1. The zero-order valence-electron chi connectivity index (χ0n) is 14.2. The number of hydrogen-bond acceptors (Lipinski definition) is 2. The monoisotopic (exact) mass is 307 g/mol. The zero-order valence-corrected chi connectivity index (χ0v) is 14.2. The van der Waals surface area contributed by atoms with E-state index in [9.17, 15) is 14.0 Å². The molecule has 0 atom stereocenters. The van der Waals surface area contributed by atoms with E-state index in [2.05, 4.69) is 12.2 Å². The van der Waals surface area contributed by atoms with Crippen LogP contribution < -0.4 is 5.32 Å². The van der Waals surface area contributed by atoms with Gasteiger partial charge in [-0.2, -0.15) is 0 Å². The number of amides is 1. The average Bonchev–Trinajstić information content (AvgIpc) is 2.41. The smallest absolute Gasteiger partial charge is 0.229 e. The summed E-state index contributed by atoms with van der Waals surface area (Å²) in [4.78, 5) is 24.0. The van der Waals surface area contributed by atoms with Crippen molar-refractivity contribution in [3.8, 4) is 0 Å². The van der Waals surface area contributed by atoms with Gasteiger partial charge < -0.3 is 5.32 Å². The number of unbranched alkanes of at least 4 members (excludes halogenated alkanes) is 2. The van der Waals surface area contributed by atoms with Gasteiger partial charge in [0.15, 0.2) is 5.78 Å². The molecular formula is C18H26FNO2. The van der Waals surface area contributed by atoms with Gasteiger partial charge in [-0.1, -0.05) is 40.5 Å². The number of anilines is 1. The summed E-state index contributed by atoms with van der Waals surface area (Å²) in [5.74, 6) is -0.864. The lowest BCUT2D eigenvalue weighted by atomic mass is 9.95. The highest BCUT2D eigenvalue weighted by molar-refractivity contribution is 5.98. The standard InChI is InChI=1S/C18H26FNO2/c1-6-7-8-9-15(21)13-10-12(2)16(14(19)11-13)20-17(22)18(3,4)5/h10-11H,6-9H2,1-5H3,(H,20,22). The van der Waals surface area contributed by atoms with Gasteiger partial charge in [-0.05, 0) is 31.0 Å². The van der Waals surface area contributed by atoms with Gasteiger partial charge in [0.05, 0.1) is 5.69 Å². The predicted octanol–water partition coefficient (Wildman–Crippen LogP) is 4.88. The van der Waals surface area contributed by atoms with E-state index in [4.69, 9.17) is 0 Å². The summed E-state index contributed by atoms with van der Waals surface area (Å²) < 4.78 is 14.2. The molecule has 1 N–H and O–H groups in total. The molecule has 0 saturated carbocycles. The first-order valence-corrected chi connectivity index (χ1v) is 7.81. The average molecular weight is 307 g/mol. The number of nitrogens with one attached hydrogen (secondary N) is 1. The summed E-state index contributed by atoms with van der Waals surface area (Å²) in [7, 11) is 0. The summed E-state index contributed by atoms with van der Waals surface area (Å²) in [6.07, 6.45) is 3.28. The van der Waals surface area contributed by atoms with Gasteiger partial charge in [0, 0.05) is 17.4 Å². The van der Waals surface area contributed by atoms with Crippen LogP contribution in [-0.2, 0) is 4.79 Å². The van der Waals surface area contributed by atoms with E-state index in [1.165, 1.54) is 6.07 Å². The van der Waals surface area contributed by atoms with Crippen LogP contribution in [0.2, 0.25) is 0 Å². The zero-order chi connectivity index (χ0) is 16.9. The van der Waals surface area contributed by atoms with Gasteiger partial charge in [-0.15, -0.1) is 0 Å². The van der Waals surface area contributed by atoms with Crippen molar-refractivity contribution in [3.05, 3.63) is 29.1 Å². The molecule has 0 aliphatic rings. The Labute approximate surface area is 132 Å². The molecule has 1 rings (SSSR count). The van der Waals surface area contributed by atoms with Gasteiger partial charge in [-0.3, -0.25) is 9.59 Å². The Morgan fingerprint density at radius 2 is 1.82 bits per heavy atom. The molecule has 0 fully saturated rings. The third-order valence-electron chi connectivity index (χ3n) is 3.54. The number of carbonyl (C=O) groups is 2. The lowest BCUT2D eigenvalue weighted by molar-refractivity contribution is -0.123. The molecule has 1 aromatic rings. The lowest BCUT2D eigenvalue weighted by Crippen LogP contribution is -2.28. The van der Waals surface area contributed by atoms with Crippen LogP contribution in [0.5, 0.6) is 0 Å². The Kier molecular flexibility index (Phi) is 6.27. The highest BCUT2D eigenvalue weighted by Crippen LogP contribution is 2.25. The quantitative estimate of drug-likeness (QED) is 0.601. The fourth-order valence-electron chi connectivity index (χ4n) is 2.04. The molecule has 0 unspecified atom stereocenters. The maximum Gasteiger partial charge on any atom is 0.229 e. The summed E-state index contributed by atoms with van der Waals surface area (Å²) >= 11 is 0. The molecule has 1 aromatic carbocycles. The van der Waals surface area contributed by atoms with Gasteiger partial charge in [0.1, 0.15) is 5.82 Å². The molecule has 4 heteroatoms. The molecule has 0 aliphatic heterocycles. The first-order chi connectivity index (χ1) is 10.2. The number of halogens is 1. The van der Waals surface area contributed by atoms with E-state index < -0.39 is 11.2 Å². The molecule has 0 heterocycles. The molecular weight excluding hydrogens is 281 g/mol. The predicted molar refractivity (Wildman–Crippen MR) is 87.7 cm³/mol. The summed E-state index contributed by atoms with van der Waals surface area (Å²) in [6, 6.07) is 2.87. The molecule has 0 radical (unpaired) electrons. The normalized spacial score (nSPS) is 11.4. The van der Waals surface area contributed by atoms with Crippen molar-refractivity contribution in [2.24, 2.45) is 5.41 Å². The van der Waals surface area contributed by atoms with Crippen LogP contribution in [0.3, 0.4) is 0 Å². The Bertz CT molecular complexity index is 536. The minimum atomic E-state index is -0.604. The maximum absolute atomic E-state index is 14.2. The highest BCUT2D eigenvalue weighted by Gasteiger charge is 2.23. The maximum atomic E-state index is 14.2. The van der Waals surface area contributed by atoms with Crippen LogP contribution in [0, 0.1) is 18.2 Å². The summed E-state index contributed by atoms with van der Waals surface area (Å²) in [5, 5.41) is 2.61. The van der Waals surface area contributed by atoms with E-state index in [0.29, 0.717) is 17.5 Å². The summed E-state index contributed by atoms with van der Waals surface area (Å²) in [5.41, 5.74) is 0.495. The molecule has 0 spiro atoms.